The van der Waals surface area contributed by atoms with Crippen molar-refractivity contribution in [2.24, 2.45) is 5.92 Å². The molecule has 1 unspecified atom stereocenters. The molecule has 38 heavy (non-hydrogen) atoms. The van der Waals surface area contributed by atoms with Crippen LogP contribution < -0.4 is 5.32 Å². The van der Waals surface area contributed by atoms with E-state index in [1.165, 1.54) is 0 Å². The molecule has 5 nitrogen and oxygen atoms in total. The summed E-state index contributed by atoms with van der Waals surface area (Å²) < 4.78 is 13.3. The minimum absolute atomic E-state index is 0.0270. The van der Waals surface area contributed by atoms with Crippen molar-refractivity contribution in [1.29, 1.82) is 0 Å². The number of hydrogen-bond donors (Lipinski definition) is 1. The number of Topliss-reactive ketones (excluding diaryl/α,β-unsaturated/α-hetero) is 2. The van der Waals surface area contributed by atoms with Crippen molar-refractivity contribution in [3.05, 3.63) is 94.5 Å². The zero-order valence-corrected chi connectivity index (χ0v) is 23.1. The Hall–Kier alpha value is -3.38. The SMILES string of the molecule is CCc1cc(C)cc(CC)c1C1C(=O)CC(CCS(=O)c2ccccc2NC(=O)c2ccccc2)CC1=O. The van der Waals surface area contributed by atoms with E-state index in [4.69, 9.17) is 0 Å². The molecule has 0 aliphatic heterocycles. The summed E-state index contributed by atoms with van der Waals surface area (Å²) in [5.41, 5.74) is 5.27. The van der Waals surface area contributed by atoms with E-state index in [9.17, 15) is 18.6 Å². The van der Waals surface area contributed by atoms with E-state index in [2.05, 4.69) is 31.3 Å². The molecule has 1 saturated carbocycles. The Labute approximate surface area is 227 Å². The summed E-state index contributed by atoms with van der Waals surface area (Å²) in [6, 6.07) is 20.1. The molecule has 1 N–H and O–H groups in total. The Balaban J connectivity index is 1.43. The minimum atomic E-state index is -1.39. The molecule has 0 radical (unpaired) electrons. The quantitative estimate of drug-likeness (QED) is 0.335. The van der Waals surface area contributed by atoms with Crippen LogP contribution in [0.5, 0.6) is 0 Å². The fourth-order valence-electron chi connectivity index (χ4n) is 5.43. The highest BCUT2D eigenvalue weighted by molar-refractivity contribution is 7.85. The van der Waals surface area contributed by atoms with Crippen LogP contribution in [0.4, 0.5) is 5.69 Å². The molecule has 0 saturated heterocycles. The van der Waals surface area contributed by atoms with Gasteiger partial charge >= 0.3 is 0 Å². The number of aryl methyl sites for hydroxylation is 3. The maximum atomic E-state index is 13.3. The normalized spacial score (nSPS) is 18.3. The van der Waals surface area contributed by atoms with Gasteiger partial charge in [0.2, 0.25) is 0 Å². The Bertz CT molecular complexity index is 1320. The number of amides is 1. The number of hydrogen-bond acceptors (Lipinski definition) is 4. The number of carbonyl (C=O) groups is 3. The molecule has 4 rings (SSSR count). The molecule has 1 atom stereocenters. The second-order valence-electron chi connectivity index (χ2n) is 10.00. The van der Waals surface area contributed by atoms with Gasteiger partial charge in [-0.3, -0.25) is 18.6 Å². The molecular formula is C32H35NO4S. The van der Waals surface area contributed by atoms with Gasteiger partial charge in [-0.1, -0.05) is 61.9 Å². The predicted molar refractivity (Wildman–Crippen MR) is 152 cm³/mol. The number of para-hydroxylation sites is 1. The molecule has 198 valence electrons. The minimum Gasteiger partial charge on any atom is -0.321 e. The Morgan fingerprint density at radius 3 is 2.08 bits per heavy atom. The third-order valence-electron chi connectivity index (χ3n) is 7.30. The van der Waals surface area contributed by atoms with E-state index in [1.54, 1.807) is 48.5 Å². The number of carbonyl (C=O) groups excluding carboxylic acids is 3. The zero-order chi connectivity index (χ0) is 27.2. The van der Waals surface area contributed by atoms with Crippen molar-refractivity contribution in [3.8, 4) is 0 Å². The molecule has 3 aromatic carbocycles. The highest BCUT2D eigenvalue weighted by Gasteiger charge is 2.38. The topological polar surface area (TPSA) is 80.3 Å². The Morgan fingerprint density at radius 2 is 1.47 bits per heavy atom. The smallest absolute Gasteiger partial charge is 0.255 e. The van der Waals surface area contributed by atoms with Gasteiger partial charge in [0.25, 0.3) is 5.91 Å². The lowest BCUT2D eigenvalue weighted by molar-refractivity contribution is -0.133. The summed E-state index contributed by atoms with van der Waals surface area (Å²) in [7, 11) is -1.39. The van der Waals surface area contributed by atoms with Gasteiger partial charge in [0.15, 0.2) is 0 Å². The van der Waals surface area contributed by atoms with Crippen molar-refractivity contribution in [2.45, 2.75) is 63.7 Å². The molecule has 3 aromatic rings. The largest absolute Gasteiger partial charge is 0.321 e. The van der Waals surface area contributed by atoms with Crippen LogP contribution in [0.2, 0.25) is 0 Å². The van der Waals surface area contributed by atoms with E-state index in [0.717, 1.165) is 35.1 Å². The van der Waals surface area contributed by atoms with Crippen molar-refractivity contribution < 1.29 is 18.6 Å². The van der Waals surface area contributed by atoms with Crippen LogP contribution in [-0.4, -0.2) is 27.4 Å². The average Bonchev–Trinajstić information content (AvgIpc) is 2.92. The van der Waals surface area contributed by atoms with Crippen LogP contribution in [0.15, 0.2) is 71.6 Å². The van der Waals surface area contributed by atoms with Crippen molar-refractivity contribution >= 4 is 34.0 Å². The van der Waals surface area contributed by atoms with E-state index in [0.29, 0.717) is 41.2 Å². The molecule has 0 bridgehead atoms. The van der Waals surface area contributed by atoms with Crippen molar-refractivity contribution in [2.75, 3.05) is 11.1 Å². The van der Waals surface area contributed by atoms with E-state index >= 15 is 0 Å². The molecule has 1 aliphatic carbocycles. The lowest BCUT2D eigenvalue weighted by atomic mass is 9.73. The van der Waals surface area contributed by atoms with Gasteiger partial charge < -0.3 is 5.32 Å². The summed E-state index contributed by atoms with van der Waals surface area (Å²) >= 11 is 0. The second kappa shape index (κ2) is 12.4. The fourth-order valence-corrected chi connectivity index (χ4v) is 6.79. The van der Waals surface area contributed by atoms with Crippen LogP contribution in [0.1, 0.15) is 71.6 Å². The molecule has 0 heterocycles. The van der Waals surface area contributed by atoms with Crippen LogP contribution in [-0.2, 0) is 33.2 Å². The van der Waals surface area contributed by atoms with Crippen LogP contribution in [0.3, 0.4) is 0 Å². The first kappa shape index (κ1) is 27.6. The molecule has 0 aromatic heterocycles. The predicted octanol–water partition coefficient (Wildman–Crippen LogP) is 6.20. The summed E-state index contributed by atoms with van der Waals surface area (Å²) in [6.07, 6.45) is 2.71. The van der Waals surface area contributed by atoms with E-state index in [1.807, 2.05) is 13.0 Å². The van der Waals surface area contributed by atoms with Crippen LogP contribution in [0.25, 0.3) is 0 Å². The van der Waals surface area contributed by atoms with Crippen LogP contribution in [0, 0.1) is 12.8 Å². The Kier molecular flexibility index (Phi) is 9.05. The lowest BCUT2D eigenvalue weighted by Crippen LogP contribution is -2.33. The first-order valence-electron chi connectivity index (χ1n) is 13.3. The summed E-state index contributed by atoms with van der Waals surface area (Å²) in [4.78, 5) is 39.8. The molecule has 6 heteroatoms. The number of rotatable bonds is 9. The summed E-state index contributed by atoms with van der Waals surface area (Å²) in [5.74, 6) is -0.808. The number of anilines is 1. The highest BCUT2D eigenvalue weighted by atomic mass is 32.2. The highest BCUT2D eigenvalue weighted by Crippen LogP contribution is 2.37. The molecule has 1 amide bonds. The Morgan fingerprint density at radius 1 is 0.895 bits per heavy atom. The standard InChI is InChI=1S/C32H35NO4S/c1-4-23-17-21(3)18-24(5-2)30(23)31-27(34)19-22(20-28(31)35)15-16-38(37)29-14-10-9-13-26(29)33-32(36)25-11-7-6-8-12-25/h6-14,17-18,22,31H,4-5,15-16,19-20H2,1-3H3,(H,33,36). The summed E-state index contributed by atoms with van der Waals surface area (Å²) in [6.45, 7) is 6.18. The average molecular weight is 530 g/mol. The van der Waals surface area contributed by atoms with E-state index in [-0.39, 0.29) is 23.4 Å². The van der Waals surface area contributed by atoms with Gasteiger partial charge in [0.05, 0.1) is 21.4 Å². The monoisotopic (exact) mass is 529 g/mol. The lowest BCUT2D eigenvalue weighted by Gasteiger charge is -2.29. The van der Waals surface area contributed by atoms with Gasteiger partial charge in [-0.2, -0.15) is 0 Å². The number of ketones is 2. The van der Waals surface area contributed by atoms with Crippen molar-refractivity contribution in [3.63, 3.8) is 0 Å². The number of nitrogens with one attached hydrogen (secondary N) is 1. The third-order valence-corrected chi connectivity index (χ3v) is 8.75. The first-order valence-corrected chi connectivity index (χ1v) is 14.7. The van der Waals surface area contributed by atoms with Gasteiger partial charge in [-0.25, -0.2) is 0 Å². The fraction of sp³-hybridized carbons (Fsp3) is 0.344. The maximum absolute atomic E-state index is 13.3. The molecule has 0 spiro atoms. The maximum Gasteiger partial charge on any atom is 0.255 e. The van der Waals surface area contributed by atoms with Gasteiger partial charge in [-0.15, -0.1) is 0 Å². The second-order valence-corrected chi connectivity index (χ2v) is 11.5. The van der Waals surface area contributed by atoms with Gasteiger partial charge in [-0.05, 0) is 73.1 Å². The van der Waals surface area contributed by atoms with E-state index < -0.39 is 16.7 Å². The van der Waals surface area contributed by atoms with Crippen LogP contribution >= 0.6 is 0 Å². The first-order chi connectivity index (χ1) is 18.3. The van der Waals surface area contributed by atoms with Gasteiger partial charge in [0.1, 0.15) is 17.5 Å². The zero-order valence-electron chi connectivity index (χ0n) is 22.3. The molecular weight excluding hydrogens is 494 g/mol. The number of benzene rings is 3. The van der Waals surface area contributed by atoms with Crippen molar-refractivity contribution in [1.82, 2.24) is 0 Å². The summed E-state index contributed by atoms with van der Waals surface area (Å²) in [5, 5.41) is 2.87. The molecule has 1 aliphatic rings. The third kappa shape index (κ3) is 6.18. The molecule has 1 fully saturated rings. The van der Waals surface area contributed by atoms with Gasteiger partial charge in [0, 0.05) is 24.2 Å².